The number of nitrogens with one attached hydrogen (secondary N) is 1. The highest BCUT2D eigenvalue weighted by atomic mass is 35.5. The van der Waals surface area contributed by atoms with Gasteiger partial charge in [0.15, 0.2) is 0 Å². The molecule has 2 aromatic heterocycles. The van der Waals surface area contributed by atoms with Crippen molar-refractivity contribution in [1.82, 2.24) is 24.2 Å². The molecule has 0 unspecified atom stereocenters. The minimum Gasteiger partial charge on any atom is -0.352 e. The second kappa shape index (κ2) is 9.06. The fourth-order valence-electron chi connectivity index (χ4n) is 3.63. The van der Waals surface area contributed by atoms with Crippen LogP contribution in [0.5, 0.6) is 0 Å². The SMILES string of the molecule is Cl.O=c1n(CCn2cccc2)nc(C2CCNCC2)n1Cc1ccccc1. The van der Waals surface area contributed by atoms with Crippen molar-refractivity contribution >= 4 is 12.4 Å². The monoisotopic (exact) mass is 387 g/mol. The van der Waals surface area contributed by atoms with Crippen molar-refractivity contribution in [3.05, 3.63) is 76.7 Å². The molecule has 0 saturated carbocycles. The fourth-order valence-corrected chi connectivity index (χ4v) is 3.63. The van der Waals surface area contributed by atoms with Gasteiger partial charge in [-0.3, -0.25) is 4.57 Å². The predicted molar refractivity (Wildman–Crippen MR) is 109 cm³/mol. The van der Waals surface area contributed by atoms with E-state index in [1.54, 1.807) is 4.68 Å². The molecule has 0 aliphatic carbocycles. The molecule has 7 heteroatoms. The van der Waals surface area contributed by atoms with Crippen LogP contribution < -0.4 is 11.0 Å². The maximum Gasteiger partial charge on any atom is 0.346 e. The lowest BCUT2D eigenvalue weighted by Crippen LogP contribution is -2.30. The van der Waals surface area contributed by atoms with Crippen LogP contribution in [0.4, 0.5) is 0 Å². The van der Waals surface area contributed by atoms with Crippen LogP contribution in [0.3, 0.4) is 0 Å². The van der Waals surface area contributed by atoms with E-state index < -0.39 is 0 Å². The fraction of sp³-hybridized carbons (Fsp3) is 0.400. The van der Waals surface area contributed by atoms with Crippen LogP contribution in [0.25, 0.3) is 0 Å². The van der Waals surface area contributed by atoms with Gasteiger partial charge in [-0.15, -0.1) is 12.4 Å². The number of nitrogens with zero attached hydrogens (tertiary/aromatic N) is 4. The van der Waals surface area contributed by atoms with Crippen LogP contribution >= 0.6 is 12.4 Å². The molecule has 1 aliphatic rings. The zero-order chi connectivity index (χ0) is 17.8. The van der Waals surface area contributed by atoms with Gasteiger partial charge in [0.2, 0.25) is 0 Å². The van der Waals surface area contributed by atoms with Gasteiger partial charge in [0.1, 0.15) is 5.82 Å². The Morgan fingerprint density at radius 2 is 1.70 bits per heavy atom. The molecule has 3 aromatic rings. The molecule has 4 rings (SSSR count). The van der Waals surface area contributed by atoms with Gasteiger partial charge in [0.25, 0.3) is 0 Å². The number of hydrogen-bond donors (Lipinski definition) is 1. The average molecular weight is 388 g/mol. The summed E-state index contributed by atoms with van der Waals surface area (Å²) in [6, 6.07) is 14.2. The molecule has 1 saturated heterocycles. The molecule has 3 heterocycles. The third-order valence-corrected chi connectivity index (χ3v) is 5.08. The van der Waals surface area contributed by atoms with Crippen LogP contribution in [0, 0.1) is 0 Å². The van der Waals surface area contributed by atoms with Crippen LogP contribution in [0.15, 0.2) is 59.7 Å². The maximum absolute atomic E-state index is 13.0. The van der Waals surface area contributed by atoms with Crippen molar-refractivity contribution in [2.45, 2.75) is 38.4 Å². The number of halogens is 1. The lowest BCUT2D eigenvalue weighted by atomic mass is 9.97. The van der Waals surface area contributed by atoms with Crippen molar-refractivity contribution < 1.29 is 0 Å². The Balaban J connectivity index is 0.00000210. The smallest absolute Gasteiger partial charge is 0.346 e. The number of benzene rings is 1. The molecule has 1 aromatic carbocycles. The van der Waals surface area contributed by atoms with Crippen LogP contribution in [-0.2, 0) is 19.6 Å². The topological polar surface area (TPSA) is 56.8 Å². The Morgan fingerprint density at radius 3 is 2.41 bits per heavy atom. The van der Waals surface area contributed by atoms with Crippen molar-refractivity contribution in [2.75, 3.05) is 13.1 Å². The molecule has 1 aliphatic heterocycles. The van der Waals surface area contributed by atoms with E-state index in [9.17, 15) is 4.79 Å². The van der Waals surface area contributed by atoms with Crippen molar-refractivity contribution in [1.29, 1.82) is 0 Å². The number of aromatic nitrogens is 4. The number of rotatable bonds is 6. The average Bonchev–Trinajstić information content (AvgIpc) is 3.31. The normalized spacial score (nSPS) is 14.8. The summed E-state index contributed by atoms with van der Waals surface area (Å²) in [5.41, 5.74) is 1.13. The van der Waals surface area contributed by atoms with Gasteiger partial charge in [0, 0.05) is 24.9 Å². The predicted octanol–water partition coefficient (Wildman–Crippen LogP) is 2.48. The highest BCUT2D eigenvalue weighted by Crippen LogP contribution is 2.23. The second-order valence-corrected chi connectivity index (χ2v) is 6.88. The molecule has 1 N–H and O–H groups in total. The van der Waals surface area contributed by atoms with Crippen molar-refractivity contribution in [3.8, 4) is 0 Å². The Labute approximate surface area is 165 Å². The number of hydrogen-bond acceptors (Lipinski definition) is 3. The Kier molecular flexibility index (Phi) is 6.53. The van der Waals surface area contributed by atoms with Gasteiger partial charge in [-0.25, -0.2) is 9.48 Å². The van der Waals surface area contributed by atoms with E-state index in [0.29, 0.717) is 19.0 Å². The lowest BCUT2D eigenvalue weighted by Gasteiger charge is -2.22. The van der Waals surface area contributed by atoms with Gasteiger partial charge >= 0.3 is 5.69 Å². The van der Waals surface area contributed by atoms with E-state index in [1.165, 1.54) is 0 Å². The molecular formula is C20H26ClN5O. The first-order chi connectivity index (χ1) is 12.8. The highest BCUT2D eigenvalue weighted by molar-refractivity contribution is 5.85. The van der Waals surface area contributed by atoms with E-state index in [2.05, 4.69) is 22.0 Å². The zero-order valence-electron chi connectivity index (χ0n) is 15.3. The van der Waals surface area contributed by atoms with Crippen molar-refractivity contribution in [3.63, 3.8) is 0 Å². The number of aryl methyl sites for hydroxylation is 2. The van der Waals surface area contributed by atoms with Gasteiger partial charge in [-0.05, 0) is 43.6 Å². The first-order valence-electron chi connectivity index (χ1n) is 9.34. The molecule has 0 atom stereocenters. The molecule has 144 valence electrons. The van der Waals surface area contributed by atoms with Gasteiger partial charge in [0.05, 0.1) is 13.1 Å². The lowest BCUT2D eigenvalue weighted by molar-refractivity contribution is 0.429. The molecule has 0 radical (unpaired) electrons. The van der Waals surface area contributed by atoms with E-state index in [-0.39, 0.29) is 18.1 Å². The van der Waals surface area contributed by atoms with E-state index in [4.69, 9.17) is 5.10 Å². The van der Waals surface area contributed by atoms with Gasteiger partial charge < -0.3 is 9.88 Å². The van der Waals surface area contributed by atoms with Gasteiger partial charge in [-0.1, -0.05) is 30.3 Å². The van der Waals surface area contributed by atoms with Crippen LogP contribution in [0.2, 0.25) is 0 Å². The summed E-state index contributed by atoms with van der Waals surface area (Å²) < 4.78 is 5.59. The molecule has 0 bridgehead atoms. The Bertz CT molecular complexity index is 879. The van der Waals surface area contributed by atoms with E-state index in [1.807, 2.05) is 47.3 Å². The summed E-state index contributed by atoms with van der Waals surface area (Å²) >= 11 is 0. The third-order valence-electron chi connectivity index (χ3n) is 5.08. The summed E-state index contributed by atoms with van der Waals surface area (Å²) in [5, 5.41) is 8.15. The summed E-state index contributed by atoms with van der Waals surface area (Å²) in [4.78, 5) is 13.0. The van der Waals surface area contributed by atoms with E-state index >= 15 is 0 Å². The Morgan fingerprint density at radius 1 is 1.00 bits per heavy atom. The molecule has 27 heavy (non-hydrogen) atoms. The quantitative estimate of drug-likeness (QED) is 0.707. The molecule has 0 amide bonds. The van der Waals surface area contributed by atoms with Crippen molar-refractivity contribution in [2.24, 2.45) is 0 Å². The zero-order valence-corrected chi connectivity index (χ0v) is 16.1. The summed E-state index contributed by atoms with van der Waals surface area (Å²) in [5.74, 6) is 1.29. The first kappa shape index (κ1) is 19.5. The highest BCUT2D eigenvalue weighted by Gasteiger charge is 2.24. The molecule has 0 spiro atoms. The van der Waals surface area contributed by atoms with Crippen LogP contribution in [0.1, 0.15) is 30.1 Å². The molecule has 1 fully saturated rings. The van der Waals surface area contributed by atoms with Crippen LogP contribution in [-0.4, -0.2) is 32.0 Å². The largest absolute Gasteiger partial charge is 0.352 e. The molecular weight excluding hydrogens is 362 g/mol. The number of piperidine rings is 1. The standard InChI is InChI=1S/C20H25N5O.ClH/c26-20-24(16-17-6-2-1-3-7-17)19(18-8-10-21-11-9-18)22-25(20)15-14-23-12-4-5-13-23;/h1-7,12-13,18,21H,8-11,14-16H2;1H. The third kappa shape index (κ3) is 4.51. The van der Waals surface area contributed by atoms with E-state index in [0.717, 1.165) is 43.9 Å². The first-order valence-corrected chi connectivity index (χ1v) is 9.34. The second-order valence-electron chi connectivity index (χ2n) is 6.88. The summed E-state index contributed by atoms with van der Waals surface area (Å²) in [7, 11) is 0. The minimum atomic E-state index is -0.00505. The maximum atomic E-state index is 13.0. The summed E-state index contributed by atoms with van der Waals surface area (Å²) in [6.45, 7) is 3.90. The Hall–Kier alpha value is -2.31. The van der Waals surface area contributed by atoms with Gasteiger partial charge in [-0.2, -0.15) is 5.10 Å². The molecule has 6 nitrogen and oxygen atoms in total. The summed E-state index contributed by atoms with van der Waals surface area (Å²) in [6.07, 6.45) is 6.09. The minimum absolute atomic E-state index is 0.